The van der Waals surface area contributed by atoms with Crippen molar-refractivity contribution in [3.8, 4) is 0 Å². The molecule has 0 saturated heterocycles. The van der Waals surface area contributed by atoms with Crippen LogP contribution in [-0.4, -0.2) is 23.5 Å². The number of Topliss-reactive ketones (excluding diaryl/α,β-unsaturated/α-hetero) is 1. The Kier molecular flexibility index (Phi) is 3.76. The van der Waals surface area contributed by atoms with Crippen molar-refractivity contribution >= 4 is 29.1 Å². The normalized spacial score (nSPS) is 18.1. The topological polar surface area (TPSA) is 58.2 Å². The molecule has 1 aliphatic carbocycles. The molecule has 4 nitrogen and oxygen atoms in total. The SMILES string of the molecule is Cc1ccc(NC2=C(C(=O)NC3CC3)C(=O)CS2)cc1C. The first-order valence-electron chi connectivity index (χ1n) is 7.10. The lowest BCUT2D eigenvalue weighted by Crippen LogP contribution is -2.30. The van der Waals surface area contributed by atoms with E-state index in [4.69, 9.17) is 0 Å². The van der Waals surface area contributed by atoms with Gasteiger partial charge in [-0.15, -0.1) is 0 Å². The van der Waals surface area contributed by atoms with Crippen LogP contribution in [0.25, 0.3) is 0 Å². The van der Waals surface area contributed by atoms with Crippen LogP contribution in [0, 0.1) is 13.8 Å². The van der Waals surface area contributed by atoms with Crippen LogP contribution in [0.4, 0.5) is 5.69 Å². The Balaban J connectivity index is 1.82. The third-order valence-corrected chi connectivity index (χ3v) is 4.76. The fourth-order valence-electron chi connectivity index (χ4n) is 2.17. The van der Waals surface area contributed by atoms with Crippen LogP contribution >= 0.6 is 11.8 Å². The minimum absolute atomic E-state index is 0.0931. The number of aryl methyl sites for hydroxylation is 2. The van der Waals surface area contributed by atoms with Gasteiger partial charge in [-0.05, 0) is 49.9 Å². The molecule has 2 N–H and O–H groups in total. The smallest absolute Gasteiger partial charge is 0.257 e. The molecule has 3 rings (SSSR count). The summed E-state index contributed by atoms with van der Waals surface area (Å²) in [6.07, 6.45) is 2.03. The molecule has 0 atom stereocenters. The highest BCUT2D eigenvalue weighted by Gasteiger charge is 2.33. The third kappa shape index (κ3) is 3.13. The fraction of sp³-hybridized carbons (Fsp3) is 0.375. The zero-order valence-electron chi connectivity index (χ0n) is 12.2. The number of rotatable bonds is 4. The van der Waals surface area contributed by atoms with Crippen molar-refractivity contribution < 1.29 is 9.59 Å². The van der Waals surface area contributed by atoms with Crippen LogP contribution in [0.15, 0.2) is 28.8 Å². The third-order valence-electron chi connectivity index (χ3n) is 3.76. The summed E-state index contributed by atoms with van der Waals surface area (Å²) >= 11 is 1.40. The van der Waals surface area contributed by atoms with Crippen molar-refractivity contribution in [2.45, 2.75) is 32.7 Å². The monoisotopic (exact) mass is 302 g/mol. The highest BCUT2D eigenvalue weighted by molar-refractivity contribution is 8.04. The number of nitrogens with one attached hydrogen (secondary N) is 2. The van der Waals surface area contributed by atoms with Gasteiger partial charge in [-0.3, -0.25) is 9.59 Å². The maximum Gasteiger partial charge on any atom is 0.257 e. The maximum atomic E-state index is 12.2. The maximum absolute atomic E-state index is 12.2. The molecule has 1 fully saturated rings. The van der Waals surface area contributed by atoms with Crippen LogP contribution in [0.2, 0.25) is 0 Å². The summed E-state index contributed by atoms with van der Waals surface area (Å²) in [6, 6.07) is 6.28. The number of ketones is 1. The molecule has 0 unspecified atom stereocenters. The lowest BCUT2D eigenvalue weighted by Gasteiger charge is -2.11. The van der Waals surface area contributed by atoms with Crippen LogP contribution in [-0.2, 0) is 9.59 Å². The molecule has 1 aliphatic heterocycles. The Morgan fingerprint density at radius 1 is 1.24 bits per heavy atom. The van der Waals surface area contributed by atoms with Crippen LogP contribution in [0.1, 0.15) is 24.0 Å². The predicted octanol–water partition coefficient (Wildman–Crippen LogP) is 2.52. The molecule has 0 radical (unpaired) electrons. The van der Waals surface area contributed by atoms with E-state index in [2.05, 4.69) is 17.6 Å². The van der Waals surface area contributed by atoms with Gasteiger partial charge in [0.25, 0.3) is 5.91 Å². The molecule has 1 aromatic rings. The first-order valence-corrected chi connectivity index (χ1v) is 8.08. The molecule has 21 heavy (non-hydrogen) atoms. The molecule has 110 valence electrons. The van der Waals surface area contributed by atoms with E-state index < -0.39 is 0 Å². The quantitative estimate of drug-likeness (QED) is 0.839. The fourth-order valence-corrected chi connectivity index (χ4v) is 3.13. The van der Waals surface area contributed by atoms with Crippen LogP contribution < -0.4 is 10.6 Å². The van der Waals surface area contributed by atoms with Gasteiger partial charge in [0.1, 0.15) is 5.57 Å². The van der Waals surface area contributed by atoms with Crippen molar-refractivity contribution in [3.05, 3.63) is 39.9 Å². The number of carbonyl (C=O) groups excluding carboxylic acids is 2. The number of hydrogen-bond acceptors (Lipinski definition) is 4. The summed E-state index contributed by atoms with van der Waals surface area (Å²) in [6.45, 7) is 4.10. The van der Waals surface area contributed by atoms with E-state index in [1.807, 2.05) is 25.1 Å². The largest absolute Gasteiger partial charge is 0.349 e. The van der Waals surface area contributed by atoms with E-state index in [-0.39, 0.29) is 23.3 Å². The molecule has 1 amide bonds. The van der Waals surface area contributed by atoms with Gasteiger partial charge in [0.15, 0.2) is 5.78 Å². The van der Waals surface area contributed by atoms with Crippen molar-refractivity contribution in [2.75, 3.05) is 11.1 Å². The molecule has 2 aliphatic rings. The Labute approximate surface area is 128 Å². The van der Waals surface area contributed by atoms with Gasteiger partial charge in [0, 0.05) is 11.7 Å². The zero-order chi connectivity index (χ0) is 15.0. The number of carbonyl (C=O) groups is 2. The first kappa shape index (κ1) is 14.2. The van der Waals surface area contributed by atoms with Gasteiger partial charge in [-0.25, -0.2) is 0 Å². The Morgan fingerprint density at radius 2 is 2.00 bits per heavy atom. The summed E-state index contributed by atoms with van der Waals surface area (Å²) in [7, 11) is 0. The summed E-state index contributed by atoms with van der Waals surface area (Å²) in [4.78, 5) is 24.1. The highest BCUT2D eigenvalue weighted by Crippen LogP contribution is 2.31. The summed E-state index contributed by atoms with van der Waals surface area (Å²) in [5.74, 6) is 0.00366. The lowest BCUT2D eigenvalue weighted by molar-refractivity contribution is -0.121. The predicted molar refractivity (Wildman–Crippen MR) is 85.2 cm³/mol. The van der Waals surface area contributed by atoms with Gasteiger partial charge < -0.3 is 10.6 Å². The van der Waals surface area contributed by atoms with Gasteiger partial charge in [-0.2, -0.15) is 0 Å². The number of anilines is 1. The van der Waals surface area contributed by atoms with E-state index in [1.165, 1.54) is 22.9 Å². The average Bonchev–Trinajstić information content (AvgIpc) is 3.17. The second-order valence-electron chi connectivity index (χ2n) is 5.59. The standard InChI is InChI=1S/C16H18N2O2S/c1-9-3-4-12(7-10(9)2)18-16-14(13(19)8-21-16)15(20)17-11-5-6-11/h3-4,7,11,18H,5-6,8H2,1-2H3,(H,17,20). The van der Waals surface area contributed by atoms with E-state index in [0.29, 0.717) is 10.8 Å². The van der Waals surface area contributed by atoms with E-state index in [0.717, 1.165) is 18.5 Å². The second-order valence-corrected chi connectivity index (χ2v) is 6.57. The lowest BCUT2D eigenvalue weighted by atomic mass is 10.1. The number of thioether (sulfide) groups is 1. The summed E-state index contributed by atoms with van der Waals surface area (Å²) < 4.78 is 0. The Hall–Kier alpha value is -1.75. The average molecular weight is 302 g/mol. The second kappa shape index (κ2) is 5.56. The van der Waals surface area contributed by atoms with Crippen molar-refractivity contribution in [3.63, 3.8) is 0 Å². The molecule has 0 bridgehead atoms. The first-order chi connectivity index (χ1) is 10.0. The minimum atomic E-state index is -0.237. The van der Waals surface area contributed by atoms with Crippen molar-refractivity contribution in [1.82, 2.24) is 5.32 Å². The molecule has 0 spiro atoms. The Morgan fingerprint density at radius 3 is 2.67 bits per heavy atom. The molecule has 1 aromatic carbocycles. The zero-order valence-corrected chi connectivity index (χ0v) is 13.0. The number of benzene rings is 1. The van der Waals surface area contributed by atoms with Gasteiger partial charge in [0.2, 0.25) is 0 Å². The molecular formula is C16H18N2O2S. The van der Waals surface area contributed by atoms with E-state index in [9.17, 15) is 9.59 Å². The van der Waals surface area contributed by atoms with Crippen LogP contribution in [0.5, 0.6) is 0 Å². The number of hydrogen-bond donors (Lipinski definition) is 2. The summed E-state index contributed by atoms with van der Waals surface area (Å²) in [5, 5.41) is 6.78. The van der Waals surface area contributed by atoms with Crippen molar-refractivity contribution in [1.29, 1.82) is 0 Å². The summed E-state index contributed by atoms with van der Waals surface area (Å²) in [5.41, 5.74) is 3.59. The molecule has 0 aromatic heterocycles. The number of amides is 1. The van der Waals surface area contributed by atoms with Crippen LogP contribution in [0.3, 0.4) is 0 Å². The van der Waals surface area contributed by atoms with Crippen molar-refractivity contribution in [2.24, 2.45) is 0 Å². The van der Waals surface area contributed by atoms with E-state index >= 15 is 0 Å². The highest BCUT2D eigenvalue weighted by atomic mass is 32.2. The van der Waals surface area contributed by atoms with Gasteiger partial charge in [0.05, 0.1) is 10.8 Å². The molecule has 1 heterocycles. The molecule has 1 saturated carbocycles. The van der Waals surface area contributed by atoms with Gasteiger partial charge in [-0.1, -0.05) is 17.8 Å². The minimum Gasteiger partial charge on any atom is -0.349 e. The van der Waals surface area contributed by atoms with E-state index in [1.54, 1.807) is 0 Å². The molecular weight excluding hydrogens is 284 g/mol. The van der Waals surface area contributed by atoms with Gasteiger partial charge >= 0.3 is 0 Å². The molecule has 5 heteroatoms. The Bertz CT molecular complexity index is 648.